The Morgan fingerprint density at radius 2 is 1.80 bits per heavy atom. The fourth-order valence-electron chi connectivity index (χ4n) is 1.96. The standard InChI is InChI=1S/C16H11Cl2NO/c17-9-11-7-15(18)16(19-10-11)20-14-6-5-12-3-1-2-4-13(12)8-14/h1-8,10H,9H2. The van der Waals surface area contributed by atoms with E-state index in [2.05, 4.69) is 11.1 Å². The van der Waals surface area contributed by atoms with Crippen molar-refractivity contribution in [1.82, 2.24) is 4.98 Å². The molecule has 0 unspecified atom stereocenters. The molecule has 0 fully saturated rings. The van der Waals surface area contributed by atoms with Crippen molar-refractivity contribution in [1.29, 1.82) is 0 Å². The van der Waals surface area contributed by atoms with Crippen LogP contribution in [-0.4, -0.2) is 4.98 Å². The van der Waals surface area contributed by atoms with Gasteiger partial charge in [-0.2, -0.15) is 0 Å². The Hall–Kier alpha value is -1.77. The van der Waals surface area contributed by atoms with Crippen molar-refractivity contribution in [3.8, 4) is 11.6 Å². The first-order chi connectivity index (χ1) is 9.76. The molecule has 3 aromatic rings. The number of aromatic nitrogens is 1. The highest BCUT2D eigenvalue weighted by molar-refractivity contribution is 6.32. The second kappa shape index (κ2) is 5.70. The highest BCUT2D eigenvalue weighted by atomic mass is 35.5. The average Bonchev–Trinajstić information content (AvgIpc) is 2.49. The highest BCUT2D eigenvalue weighted by Crippen LogP contribution is 2.29. The van der Waals surface area contributed by atoms with Crippen LogP contribution in [0.15, 0.2) is 54.7 Å². The number of rotatable bonds is 3. The number of halogens is 2. The first kappa shape index (κ1) is 13.2. The molecule has 0 saturated heterocycles. The quantitative estimate of drug-likeness (QED) is 0.603. The number of nitrogens with zero attached hydrogens (tertiary/aromatic N) is 1. The van der Waals surface area contributed by atoms with Crippen molar-refractivity contribution in [3.05, 3.63) is 65.3 Å². The molecule has 0 radical (unpaired) electrons. The zero-order valence-electron chi connectivity index (χ0n) is 10.5. The maximum atomic E-state index is 6.13. The third-order valence-electron chi connectivity index (χ3n) is 2.95. The summed E-state index contributed by atoms with van der Waals surface area (Å²) >= 11 is 11.9. The van der Waals surface area contributed by atoms with Gasteiger partial charge in [-0.25, -0.2) is 4.98 Å². The summed E-state index contributed by atoms with van der Waals surface area (Å²) in [7, 11) is 0. The lowest BCUT2D eigenvalue weighted by molar-refractivity contribution is 0.463. The molecular weight excluding hydrogens is 293 g/mol. The van der Waals surface area contributed by atoms with Crippen LogP contribution < -0.4 is 4.74 Å². The molecule has 4 heteroatoms. The van der Waals surface area contributed by atoms with E-state index >= 15 is 0 Å². The van der Waals surface area contributed by atoms with Gasteiger partial charge in [0.1, 0.15) is 10.8 Å². The van der Waals surface area contributed by atoms with Crippen molar-refractivity contribution < 1.29 is 4.74 Å². The van der Waals surface area contributed by atoms with Crippen LogP contribution in [0.3, 0.4) is 0 Å². The predicted molar refractivity (Wildman–Crippen MR) is 82.8 cm³/mol. The van der Waals surface area contributed by atoms with Crippen molar-refractivity contribution >= 4 is 34.0 Å². The number of benzene rings is 2. The maximum Gasteiger partial charge on any atom is 0.238 e. The molecular formula is C16H11Cl2NO. The summed E-state index contributed by atoms with van der Waals surface area (Å²) in [5.74, 6) is 1.47. The molecule has 0 aliphatic rings. The predicted octanol–water partition coefficient (Wildman–Crippen LogP) is 5.42. The molecule has 0 aliphatic carbocycles. The maximum absolute atomic E-state index is 6.13. The molecule has 0 spiro atoms. The summed E-state index contributed by atoms with van der Waals surface area (Å²) in [4.78, 5) is 4.19. The lowest BCUT2D eigenvalue weighted by atomic mass is 10.1. The number of hydrogen-bond acceptors (Lipinski definition) is 2. The Kier molecular flexibility index (Phi) is 3.77. The molecule has 0 atom stereocenters. The second-order valence-corrected chi connectivity index (χ2v) is 5.05. The molecule has 0 N–H and O–H groups in total. The van der Waals surface area contributed by atoms with E-state index in [-0.39, 0.29) is 0 Å². The minimum atomic E-state index is 0.378. The molecule has 100 valence electrons. The van der Waals surface area contributed by atoms with Crippen molar-refractivity contribution in [3.63, 3.8) is 0 Å². The highest BCUT2D eigenvalue weighted by Gasteiger charge is 2.06. The van der Waals surface area contributed by atoms with Crippen LogP contribution in [0.1, 0.15) is 5.56 Å². The molecule has 20 heavy (non-hydrogen) atoms. The first-order valence-electron chi connectivity index (χ1n) is 6.13. The van der Waals surface area contributed by atoms with Gasteiger partial charge in [0.2, 0.25) is 5.88 Å². The number of ether oxygens (including phenoxy) is 1. The zero-order chi connectivity index (χ0) is 13.9. The summed E-state index contributed by atoms with van der Waals surface area (Å²) in [6.07, 6.45) is 1.66. The normalized spacial score (nSPS) is 10.7. The van der Waals surface area contributed by atoms with Crippen LogP contribution in [0.2, 0.25) is 5.02 Å². The fraction of sp³-hybridized carbons (Fsp3) is 0.0625. The topological polar surface area (TPSA) is 22.1 Å². The van der Waals surface area contributed by atoms with Gasteiger partial charge in [-0.15, -0.1) is 11.6 Å². The van der Waals surface area contributed by atoms with Crippen LogP contribution in [0.5, 0.6) is 11.6 Å². The van der Waals surface area contributed by atoms with Crippen molar-refractivity contribution in [2.75, 3.05) is 0 Å². The Bertz CT molecular complexity index is 758. The van der Waals surface area contributed by atoms with E-state index in [0.29, 0.717) is 22.5 Å². The van der Waals surface area contributed by atoms with Gasteiger partial charge in [-0.1, -0.05) is 41.9 Å². The van der Waals surface area contributed by atoms with E-state index in [4.69, 9.17) is 27.9 Å². The lowest BCUT2D eigenvalue weighted by Crippen LogP contribution is -1.91. The minimum Gasteiger partial charge on any atom is -0.438 e. The Morgan fingerprint density at radius 3 is 2.55 bits per heavy atom. The third kappa shape index (κ3) is 2.72. The molecule has 3 rings (SSSR count). The van der Waals surface area contributed by atoms with Gasteiger partial charge in [0.05, 0.1) is 0 Å². The lowest BCUT2D eigenvalue weighted by Gasteiger charge is -2.08. The summed E-state index contributed by atoms with van der Waals surface area (Å²) in [5, 5.41) is 2.73. The van der Waals surface area contributed by atoms with Gasteiger partial charge in [0.15, 0.2) is 0 Å². The number of pyridine rings is 1. The Labute approximate surface area is 126 Å². The zero-order valence-corrected chi connectivity index (χ0v) is 12.0. The van der Waals surface area contributed by atoms with E-state index in [9.17, 15) is 0 Å². The molecule has 2 nitrogen and oxygen atoms in total. The minimum absolute atomic E-state index is 0.378. The van der Waals surface area contributed by atoms with Gasteiger partial charge in [0, 0.05) is 12.1 Å². The van der Waals surface area contributed by atoms with Crippen LogP contribution in [0.25, 0.3) is 10.8 Å². The van der Waals surface area contributed by atoms with Crippen molar-refractivity contribution in [2.24, 2.45) is 0 Å². The smallest absolute Gasteiger partial charge is 0.238 e. The van der Waals surface area contributed by atoms with Crippen LogP contribution in [0.4, 0.5) is 0 Å². The van der Waals surface area contributed by atoms with Gasteiger partial charge in [0.25, 0.3) is 0 Å². The van der Waals surface area contributed by atoms with Crippen LogP contribution >= 0.6 is 23.2 Å². The summed E-state index contributed by atoms with van der Waals surface area (Å²) in [6, 6.07) is 15.7. The Morgan fingerprint density at radius 1 is 1.00 bits per heavy atom. The van der Waals surface area contributed by atoms with Gasteiger partial charge in [-0.05, 0) is 34.5 Å². The third-order valence-corrected chi connectivity index (χ3v) is 3.53. The van der Waals surface area contributed by atoms with E-state index in [0.717, 1.165) is 16.3 Å². The summed E-state index contributed by atoms with van der Waals surface area (Å²) < 4.78 is 5.73. The first-order valence-corrected chi connectivity index (χ1v) is 7.04. The van der Waals surface area contributed by atoms with Crippen LogP contribution in [0, 0.1) is 0 Å². The van der Waals surface area contributed by atoms with Gasteiger partial charge in [-0.3, -0.25) is 0 Å². The largest absolute Gasteiger partial charge is 0.438 e. The van der Waals surface area contributed by atoms with E-state index in [1.807, 2.05) is 36.4 Å². The van der Waals surface area contributed by atoms with E-state index in [1.54, 1.807) is 12.3 Å². The molecule has 1 heterocycles. The van der Waals surface area contributed by atoms with E-state index in [1.165, 1.54) is 0 Å². The summed E-state index contributed by atoms with van der Waals surface area (Å²) in [5.41, 5.74) is 0.863. The molecule has 0 aliphatic heterocycles. The molecule has 1 aromatic heterocycles. The SMILES string of the molecule is ClCc1cnc(Oc2ccc3ccccc3c2)c(Cl)c1. The fourth-order valence-corrected chi connectivity index (χ4v) is 2.33. The second-order valence-electron chi connectivity index (χ2n) is 4.38. The van der Waals surface area contributed by atoms with E-state index < -0.39 is 0 Å². The number of alkyl halides is 1. The van der Waals surface area contributed by atoms with Crippen LogP contribution in [-0.2, 0) is 5.88 Å². The van der Waals surface area contributed by atoms with Crippen molar-refractivity contribution in [2.45, 2.75) is 5.88 Å². The Balaban J connectivity index is 1.92. The van der Waals surface area contributed by atoms with Gasteiger partial charge < -0.3 is 4.74 Å². The van der Waals surface area contributed by atoms with Gasteiger partial charge >= 0.3 is 0 Å². The number of fused-ring (bicyclic) bond motifs is 1. The molecule has 2 aromatic carbocycles. The summed E-state index contributed by atoms with van der Waals surface area (Å²) in [6.45, 7) is 0. The molecule has 0 saturated carbocycles. The monoisotopic (exact) mass is 303 g/mol. The number of hydrogen-bond donors (Lipinski definition) is 0. The molecule has 0 bridgehead atoms. The average molecular weight is 304 g/mol. The molecule has 0 amide bonds.